The van der Waals surface area contributed by atoms with Gasteiger partial charge in [0, 0.05) is 11.3 Å². The molecular weight excluding hydrogens is 320 g/mol. The van der Waals surface area contributed by atoms with Crippen LogP contribution in [0.15, 0.2) is 42.5 Å². The molecule has 25 heavy (non-hydrogen) atoms. The molecule has 0 fully saturated rings. The van der Waals surface area contributed by atoms with Crippen LogP contribution >= 0.6 is 0 Å². The first-order valence-corrected chi connectivity index (χ1v) is 8.12. The Labute approximate surface area is 146 Å². The van der Waals surface area contributed by atoms with Crippen molar-refractivity contribution in [3.05, 3.63) is 48.0 Å². The van der Waals surface area contributed by atoms with Crippen molar-refractivity contribution >= 4 is 23.2 Å². The summed E-state index contributed by atoms with van der Waals surface area (Å²) in [5.74, 6) is 0.846. The largest absolute Gasteiger partial charge is 0.491 e. The zero-order valence-corrected chi connectivity index (χ0v) is 14.3. The monoisotopic (exact) mass is 340 g/mol. The zero-order chi connectivity index (χ0) is 18.0. The third-order valence-corrected chi connectivity index (χ3v) is 3.66. The van der Waals surface area contributed by atoms with Gasteiger partial charge in [-0.25, -0.2) is 0 Å². The van der Waals surface area contributed by atoms with Crippen LogP contribution < -0.4 is 20.1 Å². The highest BCUT2D eigenvalue weighted by atomic mass is 16.5. The van der Waals surface area contributed by atoms with Gasteiger partial charge >= 0.3 is 0 Å². The Balaban J connectivity index is 1.71. The Bertz CT molecular complexity index is 800. The van der Waals surface area contributed by atoms with E-state index in [2.05, 4.69) is 10.6 Å². The van der Waals surface area contributed by atoms with Gasteiger partial charge in [0.1, 0.15) is 11.5 Å². The highest BCUT2D eigenvalue weighted by molar-refractivity contribution is 6.05. The van der Waals surface area contributed by atoms with Gasteiger partial charge in [0.05, 0.1) is 11.8 Å². The Morgan fingerprint density at radius 3 is 2.60 bits per heavy atom. The first-order chi connectivity index (χ1) is 11.9. The van der Waals surface area contributed by atoms with Gasteiger partial charge in [0.2, 0.25) is 0 Å². The second-order valence-electron chi connectivity index (χ2n) is 6.11. The second-order valence-corrected chi connectivity index (χ2v) is 6.11. The number of benzene rings is 2. The zero-order valence-electron chi connectivity index (χ0n) is 14.3. The molecule has 1 atom stereocenters. The molecule has 2 aromatic rings. The number of fused-ring (bicyclic) bond motifs is 1. The molecule has 6 heteroatoms. The fourth-order valence-electron chi connectivity index (χ4n) is 2.45. The van der Waals surface area contributed by atoms with Crippen LogP contribution in [0.4, 0.5) is 11.4 Å². The van der Waals surface area contributed by atoms with Crippen LogP contribution in [0.2, 0.25) is 0 Å². The molecule has 0 aliphatic carbocycles. The number of carbonyl (C=O) groups excluding carboxylic acids is 2. The van der Waals surface area contributed by atoms with Crippen molar-refractivity contribution in [3.63, 3.8) is 0 Å². The van der Waals surface area contributed by atoms with Gasteiger partial charge in [0.15, 0.2) is 6.10 Å². The molecule has 1 heterocycles. The van der Waals surface area contributed by atoms with Crippen LogP contribution in [0.3, 0.4) is 0 Å². The van der Waals surface area contributed by atoms with E-state index in [0.29, 0.717) is 28.4 Å². The molecule has 2 aromatic carbocycles. The average Bonchev–Trinajstić information content (AvgIpc) is 2.56. The third kappa shape index (κ3) is 3.91. The molecule has 0 bridgehead atoms. The molecule has 1 aliphatic heterocycles. The van der Waals surface area contributed by atoms with Crippen molar-refractivity contribution in [2.24, 2.45) is 0 Å². The summed E-state index contributed by atoms with van der Waals surface area (Å²) in [7, 11) is 0. The fourth-order valence-corrected chi connectivity index (χ4v) is 2.45. The predicted octanol–water partition coefficient (Wildman–Crippen LogP) is 3.45. The normalized spacial score (nSPS) is 15.8. The van der Waals surface area contributed by atoms with Crippen LogP contribution in [0.5, 0.6) is 11.5 Å². The minimum absolute atomic E-state index is 0.0790. The van der Waals surface area contributed by atoms with Crippen molar-refractivity contribution in [3.8, 4) is 11.5 Å². The lowest BCUT2D eigenvalue weighted by Gasteiger charge is -2.23. The summed E-state index contributed by atoms with van der Waals surface area (Å²) in [6.45, 7) is 5.57. The van der Waals surface area contributed by atoms with E-state index in [4.69, 9.17) is 9.47 Å². The lowest BCUT2D eigenvalue weighted by atomic mass is 10.1. The number of rotatable bonds is 4. The van der Waals surface area contributed by atoms with Gasteiger partial charge < -0.3 is 20.1 Å². The quantitative estimate of drug-likeness (QED) is 0.894. The molecule has 0 saturated carbocycles. The average molecular weight is 340 g/mol. The molecule has 0 aromatic heterocycles. The standard InChI is InChI=1S/C19H20N2O4/c1-11(2)24-15-7-4-13(5-8-15)19(23)20-14-6-9-17-16(10-14)21-18(22)12(3)25-17/h4-12H,1-3H3,(H,20,23)(H,21,22)/t12-/m0/s1. The molecule has 0 unspecified atom stereocenters. The topological polar surface area (TPSA) is 76.7 Å². The number of carbonyl (C=O) groups is 2. The van der Waals surface area contributed by atoms with Crippen LogP contribution in [-0.4, -0.2) is 24.0 Å². The highest BCUT2D eigenvalue weighted by Gasteiger charge is 2.23. The minimum Gasteiger partial charge on any atom is -0.491 e. The van der Waals surface area contributed by atoms with Gasteiger partial charge in [-0.3, -0.25) is 9.59 Å². The van der Waals surface area contributed by atoms with Gasteiger partial charge in [-0.05, 0) is 63.2 Å². The maximum atomic E-state index is 12.4. The Hall–Kier alpha value is -3.02. The van der Waals surface area contributed by atoms with E-state index in [1.165, 1.54) is 0 Å². The lowest BCUT2D eigenvalue weighted by Crippen LogP contribution is -2.34. The van der Waals surface area contributed by atoms with Crippen LogP contribution in [0, 0.1) is 0 Å². The summed E-state index contributed by atoms with van der Waals surface area (Å²) in [5, 5.41) is 5.56. The summed E-state index contributed by atoms with van der Waals surface area (Å²) in [5.41, 5.74) is 1.63. The molecule has 130 valence electrons. The van der Waals surface area contributed by atoms with Crippen molar-refractivity contribution in [1.82, 2.24) is 0 Å². The summed E-state index contributed by atoms with van der Waals surface area (Å²) in [4.78, 5) is 24.0. The number of ether oxygens (including phenoxy) is 2. The van der Waals surface area contributed by atoms with E-state index >= 15 is 0 Å². The van der Waals surface area contributed by atoms with E-state index in [-0.39, 0.29) is 17.9 Å². The first kappa shape index (κ1) is 16.8. The van der Waals surface area contributed by atoms with E-state index in [1.54, 1.807) is 49.4 Å². The summed E-state index contributed by atoms with van der Waals surface area (Å²) in [6, 6.07) is 12.1. The van der Waals surface area contributed by atoms with Crippen molar-refractivity contribution in [2.45, 2.75) is 33.0 Å². The fraction of sp³-hybridized carbons (Fsp3) is 0.263. The van der Waals surface area contributed by atoms with Crippen molar-refractivity contribution in [2.75, 3.05) is 10.6 Å². The molecule has 6 nitrogen and oxygen atoms in total. The lowest BCUT2D eigenvalue weighted by molar-refractivity contribution is -0.122. The van der Waals surface area contributed by atoms with Crippen LogP contribution in [0.1, 0.15) is 31.1 Å². The minimum atomic E-state index is -0.528. The van der Waals surface area contributed by atoms with E-state index < -0.39 is 6.10 Å². The molecule has 2 amide bonds. The summed E-state index contributed by atoms with van der Waals surface area (Å²) < 4.78 is 11.1. The SMILES string of the molecule is CC(C)Oc1ccc(C(=O)Nc2ccc3c(c2)NC(=O)[C@H](C)O3)cc1. The molecule has 0 radical (unpaired) electrons. The number of hydrogen-bond donors (Lipinski definition) is 2. The third-order valence-electron chi connectivity index (χ3n) is 3.66. The maximum absolute atomic E-state index is 12.4. The van der Waals surface area contributed by atoms with E-state index in [1.807, 2.05) is 13.8 Å². The van der Waals surface area contributed by atoms with Gasteiger partial charge in [0.25, 0.3) is 11.8 Å². The maximum Gasteiger partial charge on any atom is 0.265 e. The van der Waals surface area contributed by atoms with Crippen LogP contribution in [0.25, 0.3) is 0 Å². The summed E-state index contributed by atoms with van der Waals surface area (Å²) in [6.07, 6.45) is -0.449. The van der Waals surface area contributed by atoms with Gasteiger partial charge in [-0.2, -0.15) is 0 Å². The first-order valence-electron chi connectivity index (χ1n) is 8.12. The highest BCUT2D eigenvalue weighted by Crippen LogP contribution is 2.32. The van der Waals surface area contributed by atoms with Gasteiger partial charge in [-0.15, -0.1) is 0 Å². The summed E-state index contributed by atoms with van der Waals surface area (Å²) >= 11 is 0. The molecule has 3 rings (SSSR count). The van der Waals surface area contributed by atoms with Gasteiger partial charge in [-0.1, -0.05) is 0 Å². The van der Waals surface area contributed by atoms with Crippen molar-refractivity contribution in [1.29, 1.82) is 0 Å². The Morgan fingerprint density at radius 2 is 1.92 bits per heavy atom. The molecule has 0 spiro atoms. The molecule has 0 saturated heterocycles. The number of nitrogens with one attached hydrogen (secondary N) is 2. The predicted molar refractivity (Wildman–Crippen MR) is 95.3 cm³/mol. The van der Waals surface area contributed by atoms with Crippen LogP contribution in [-0.2, 0) is 4.79 Å². The second kappa shape index (κ2) is 6.84. The molecular formula is C19H20N2O4. The van der Waals surface area contributed by atoms with E-state index in [0.717, 1.165) is 0 Å². The number of hydrogen-bond acceptors (Lipinski definition) is 4. The number of anilines is 2. The molecule has 2 N–H and O–H groups in total. The number of amides is 2. The smallest absolute Gasteiger partial charge is 0.265 e. The Kier molecular flexibility index (Phi) is 4.61. The molecule has 1 aliphatic rings. The Morgan fingerprint density at radius 1 is 1.20 bits per heavy atom. The van der Waals surface area contributed by atoms with Crippen molar-refractivity contribution < 1.29 is 19.1 Å². The van der Waals surface area contributed by atoms with E-state index in [9.17, 15) is 9.59 Å².